The Hall–Kier alpha value is -2.69. The van der Waals surface area contributed by atoms with Crippen molar-refractivity contribution in [2.24, 2.45) is 0 Å². The number of carbonyl (C=O) groups excluding carboxylic acids is 1. The molecule has 1 heterocycles. The summed E-state index contributed by atoms with van der Waals surface area (Å²) in [5.74, 6) is 0.350. The Bertz CT molecular complexity index is 1170. The number of aromatic nitrogens is 3. The highest BCUT2D eigenvalue weighted by Gasteiger charge is 2.21. The second-order valence-corrected chi connectivity index (χ2v) is 10.8. The van der Waals surface area contributed by atoms with Crippen LogP contribution in [-0.4, -0.2) is 53.2 Å². The van der Waals surface area contributed by atoms with Crippen LogP contribution in [0.5, 0.6) is 0 Å². The number of amides is 1. The molecule has 2 aromatic carbocycles. The van der Waals surface area contributed by atoms with Gasteiger partial charge in [0.2, 0.25) is 15.9 Å². The van der Waals surface area contributed by atoms with Gasteiger partial charge in [0.15, 0.2) is 5.16 Å². The molecule has 0 saturated heterocycles. The second-order valence-electron chi connectivity index (χ2n) is 7.69. The maximum absolute atomic E-state index is 12.5. The fraction of sp³-hybridized carbons (Fsp3) is 0.318. The molecule has 1 aromatic heterocycles. The van der Waals surface area contributed by atoms with E-state index in [1.165, 1.54) is 31.4 Å². The molecule has 1 N–H and O–H groups in total. The largest absolute Gasteiger partial charge is 0.351 e. The molecular formula is C22H27N5O3S2. The summed E-state index contributed by atoms with van der Waals surface area (Å²) in [5, 5.41) is 11.5. The summed E-state index contributed by atoms with van der Waals surface area (Å²) >= 11 is 1.27. The molecule has 3 aromatic rings. The van der Waals surface area contributed by atoms with Crippen molar-refractivity contribution in [3.8, 4) is 5.69 Å². The lowest BCUT2D eigenvalue weighted by Crippen LogP contribution is -2.28. The Morgan fingerprint density at radius 2 is 1.81 bits per heavy atom. The highest BCUT2D eigenvalue weighted by Crippen LogP contribution is 2.22. The lowest BCUT2D eigenvalue weighted by atomic mass is 10.0. The fourth-order valence-corrected chi connectivity index (χ4v) is 4.87. The van der Waals surface area contributed by atoms with Gasteiger partial charge in [0.05, 0.1) is 10.6 Å². The summed E-state index contributed by atoms with van der Waals surface area (Å²) in [6, 6.07) is 14.8. The van der Waals surface area contributed by atoms with Crippen LogP contribution in [0.25, 0.3) is 5.69 Å². The van der Waals surface area contributed by atoms with Crippen LogP contribution in [0.3, 0.4) is 0 Å². The van der Waals surface area contributed by atoms with Crippen molar-refractivity contribution in [1.29, 1.82) is 0 Å². The first-order chi connectivity index (χ1) is 15.2. The third-order valence-electron chi connectivity index (χ3n) is 4.89. The molecular weight excluding hydrogens is 446 g/mol. The fourth-order valence-electron chi connectivity index (χ4n) is 2.99. The van der Waals surface area contributed by atoms with Gasteiger partial charge < -0.3 is 5.32 Å². The Balaban J connectivity index is 1.63. The lowest BCUT2D eigenvalue weighted by molar-refractivity contribution is -0.118. The van der Waals surface area contributed by atoms with Crippen molar-refractivity contribution < 1.29 is 13.2 Å². The molecule has 0 bridgehead atoms. The van der Waals surface area contributed by atoms with Gasteiger partial charge in [-0.1, -0.05) is 55.9 Å². The molecule has 0 fully saturated rings. The molecule has 0 radical (unpaired) electrons. The van der Waals surface area contributed by atoms with Gasteiger partial charge in [0, 0.05) is 26.3 Å². The summed E-state index contributed by atoms with van der Waals surface area (Å²) in [4.78, 5) is 12.6. The summed E-state index contributed by atoms with van der Waals surface area (Å²) in [5.41, 5.74) is 2.70. The Morgan fingerprint density at radius 3 is 2.47 bits per heavy atom. The van der Waals surface area contributed by atoms with E-state index in [0.717, 1.165) is 9.99 Å². The molecule has 32 heavy (non-hydrogen) atoms. The quantitative estimate of drug-likeness (QED) is 0.480. The van der Waals surface area contributed by atoms with Gasteiger partial charge in [-0.3, -0.25) is 9.36 Å². The maximum Gasteiger partial charge on any atom is 0.242 e. The first-order valence-corrected chi connectivity index (χ1v) is 12.5. The van der Waals surface area contributed by atoms with E-state index in [2.05, 4.69) is 41.5 Å². The third-order valence-corrected chi connectivity index (χ3v) is 7.75. The third kappa shape index (κ3) is 5.56. The van der Waals surface area contributed by atoms with Crippen molar-refractivity contribution in [1.82, 2.24) is 24.4 Å². The van der Waals surface area contributed by atoms with Gasteiger partial charge >= 0.3 is 0 Å². The molecule has 0 saturated carbocycles. The molecule has 1 amide bonds. The van der Waals surface area contributed by atoms with Crippen molar-refractivity contribution >= 4 is 27.7 Å². The maximum atomic E-state index is 12.5. The predicted octanol–water partition coefficient (Wildman–Crippen LogP) is 3.05. The highest BCUT2D eigenvalue weighted by atomic mass is 32.2. The number of hydrogen-bond acceptors (Lipinski definition) is 6. The van der Waals surface area contributed by atoms with E-state index in [0.29, 0.717) is 16.6 Å². The zero-order chi connectivity index (χ0) is 23.3. The van der Waals surface area contributed by atoms with Gasteiger partial charge in [-0.2, -0.15) is 0 Å². The van der Waals surface area contributed by atoms with Crippen LogP contribution in [0, 0.1) is 0 Å². The normalized spacial score (nSPS) is 11.8. The van der Waals surface area contributed by atoms with Crippen LogP contribution in [0.2, 0.25) is 0 Å². The minimum Gasteiger partial charge on any atom is -0.351 e. The zero-order valence-electron chi connectivity index (χ0n) is 18.5. The highest BCUT2D eigenvalue weighted by molar-refractivity contribution is 7.99. The molecule has 0 aliphatic carbocycles. The van der Waals surface area contributed by atoms with E-state index >= 15 is 0 Å². The summed E-state index contributed by atoms with van der Waals surface area (Å²) < 4.78 is 28.0. The topological polar surface area (TPSA) is 97.2 Å². The first-order valence-electron chi connectivity index (χ1n) is 10.1. The SMILES string of the molecule is CC(C)c1ccc(-n2cnnc2SCC(=O)NCc2ccccc2S(=O)(=O)N(C)C)cc1. The Morgan fingerprint density at radius 1 is 1.12 bits per heavy atom. The molecule has 0 atom stereocenters. The predicted molar refractivity (Wildman–Crippen MR) is 125 cm³/mol. The van der Waals surface area contributed by atoms with E-state index in [-0.39, 0.29) is 23.1 Å². The number of thioether (sulfide) groups is 1. The van der Waals surface area contributed by atoms with Gasteiger partial charge in [0.1, 0.15) is 6.33 Å². The van der Waals surface area contributed by atoms with E-state index in [4.69, 9.17) is 0 Å². The summed E-state index contributed by atoms with van der Waals surface area (Å²) in [6.07, 6.45) is 1.62. The number of benzene rings is 2. The van der Waals surface area contributed by atoms with E-state index in [9.17, 15) is 13.2 Å². The van der Waals surface area contributed by atoms with Crippen LogP contribution < -0.4 is 5.32 Å². The van der Waals surface area contributed by atoms with Gasteiger partial charge in [-0.15, -0.1) is 10.2 Å². The number of nitrogens with zero attached hydrogens (tertiary/aromatic N) is 4. The first kappa shape index (κ1) is 24.0. The average Bonchev–Trinajstić information content (AvgIpc) is 3.25. The summed E-state index contributed by atoms with van der Waals surface area (Å²) in [7, 11) is -0.633. The van der Waals surface area contributed by atoms with Crippen molar-refractivity contribution in [2.75, 3.05) is 19.8 Å². The molecule has 10 heteroatoms. The van der Waals surface area contributed by atoms with E-state index in [1.54, 1.807) is 30.6 Å². The number of hydrogen-bond donors (Lipinski definition) is 1. The number of carbonyl (C=O) groups is 1. The van der Waals surface area contributed by atoms with Gasteiger partial charge in [-0.25, -0.2) is 12.7 Å². The van der Waals surface area contributed by atoms with Crippen LogP contribution >= 0.6 is 11.8 Å². The molecule has 0 aliphatic rings. The number of rotatable bonds is 9. The van der Waals surface area contributed by atoms with E-state index < -0.39 is 10.0 Å². The smallest absolute Gasteiger partial charge is 0.242 e. The van der Waals surface area contributed by atoms with Gasteiger partial charge in [0.25, 0.3) is 0 Å². The van der Waals surface area contributed by atoms with Crippen LogP contribution in [0.15, 0.2) is 64.9 Å². The Labute approximate surface area is 193 Å². The minimum atomic E-state index is -3.59. The second kappa shape index (κ2) is 10.3. The number of sulfonamides is 1. The Kier molecular flexibility index (Phi) is 7.70. The molecule has 0 spiro atoms. The summed E-state index contributed by atoms with van der Waals surface area (Å²) in [6.45, 7) is 4.40. The van der Waals surface area contributed by atoms with Crippen LogP contribution in [0.1, 0.15) is 30.9 Å². The standard InChI is InChI=1S/C22H27N5O3S2/c1-16(2)17-9-11-19(12-10-17)27-15-24-25-22(27)31-14-21(28)23-13-18-7-5-6-8-20(18)32(29,30)26(3)4/h5-12,15-16H,13-14H2,1-4H3,(H,23,28). The molecule has 3 rings (SSSR count). The van der Waals surface area contributed by atoms with Crippen LogP contribution in [-0.2, 0) is 21.4 Å². The number of nitrogens with one attached hydrogen (secondary N) is 1. The monoisotopic (exact) mass is 473 g/mol. The van der Waals surface area contributed by atoms with E-state index in [1.807, 2.05) is 16.7 Å². The van der Waals surface area contributed by atoms with Crippen molar-refractivity contribution in [2.45, 2.75) is 36.4 Å². The molecule has 170 valence electrons. The van der Waals surface area contributed by atoms with Gasteiger partial charge in [-0.05, 0) is 35.2 Å². The minimum absolute atomic E-state index is 0.117. The van der Waals surface area contributed by atoms with Crippen LogP contribution in [0.4, 0.5) is 0 Å². The lowest BCUT2D eigenvalue weighted by Gasteiger charge is -2.15. The van der Waals surface area contributed by atoms with Crippen molar-refractivity contribution in [3.63, 3.8) is 0 Å². The average molecular weight is 474 g/mol. The molecule has 0 aliphatic heterocycles. The van der Waals surface area contributed by atoms with Crippen molar-refractivity contribution in [3.05, 3.63) is 66.0 Å². The molecule has 8 nitrogen and oxygen atoms in total. The zero-order valence-corrected chi connectivity index (χ0v) is 20.2. The molecule has 0 unspecified atom stereocenters.